The smallest absolute Gasteiger partial charge is 0.422 e. The van der Waals surface area contributed by atoms with Crippen molar-refractivity contribution in [3.63, 3.8) is 0 Å². The number of alkyl carbamates (subject to hydrolysis) is 1. The second-order valence-corrected chi connectivity index (χ2v) is 6.72. The monoisotopic (exact) mass is 465 g/mol. The van der Waals surface area contributed by atoms with Gasteiger partial charge in [0.25, 0.3) is 11.8 Å². The fraction of sp³-hybridized carbons (Fsp3) is 0.278. The third kappa shape index (κ3) is 5.72. The fourth-order valence-electron chi connectivity index (χ4n) is 2.64. The summed E-state index contributed by atoms with van der Waals surface area (Å²) in [6, 6.07) is 4.08. The molecule has 2 amide bonds. The van der Waals surface area contributed by atoms with E-state index in [4.69, 9.17) is 16.3 Å². The molecular formula is C18H13ClF5N3O4. The molecule has 0 saturated carbocycles. The van der Waals surface area contributed by atoms with Gasteiger partial charge in [-0.15, -0.1) is 0 Å². The molecule has 31 heavy (non-hydrogen) atoms. The van der Waals surface area contributed by atoms with E-state index in [0.29, 0.717) is 0 Å². The van der Waals surface area contributed by atoms with Crippen LogP contribution in [0.5, 0.6) is 5.88 Å². The van der Waals surface area contributed by atoms with Gasteiger partial charge >= 0.3 is 12.3 Å². The van der Waals surface area contributed by atoms with Gasteiger partial charge in [0.2, 0.25) is 0 Å². The Morgan fingerprint density at radius 2 is 2.00 bits per heavy atom. The minimum absolute atomic E-state index is 0.127. The number of cyclic esters (lactones) is 1. The summed E-state index contributed by atoms with van der Waals surface area (Å²) in [5.74, 6) is -3.65. The molecule has 7 nitrogen and oxygen atoms in total. The average molecular weight is 466 g/mol. The standard InChI is InChI=1S/C18H13ClF5N3O4/c19-9-5-8(1-2-10(9)20)14(27-15(28)13-6-25-17(29)31-13)12-4-3-11(21)16(26-12)30-7-18(22,23)24/h1-5,13-14H,6-7H2,(H,25,29)(H,27,28)/t13-,14?/m0/s1. The molecule has 1 aromatic heterocycles. The van der Waals surface area contributed by atoms with Crippen LogP contribution in [0.4, 0.5) is 26.7 Å². The molecule has 166 valence electrons. The van der Waals surface area contributed by atoms with Crippen molar-refractivity contribution in [2.45, 2.75) is 18.3 Å². The molecule has 1 unspecified atom stereocenters. The van der Waals surface area contributed by atoms with Gasteiger partial charge in [-0.05, 0) is 29.8 Å². The Hall–Kier alpha value is -3.15. The Bertz CT molecular complexity index is 1000. The molecule has 2 aromatic rings. The average Bonchev–Trinajstić information content (AvgIpc) is 3.13. The maximum atomic E-state index is 13.9. The number of carbonyl (C=O) groups excluding carboxylic acids is 2. The van der Waals surface area contributed by atoms with Crippen LogP contribution >= 0.6 is 11.6 Å². The third-order valence-corrected chi connectivity index (χ3v) is 4.33. The first-order valence-corrected chi connectivity index (χ1v) is 8.97. The molecule has 0 aliphatic carbocycles. The van der Waals surface area contributed by atoms with Gasteiger partial charge in [-0.3, -0.25) is 4.79 Å². The summed E-state index contributed by atoms with van der Waals surface area (Å²) in [6.45, 7) is -1.91. The molecule has 1 aliphatic heterocycles. The molecular weight excluding hydrogens is 453 g/mol. The van der Waals surface area contributed by atoms with Crippen LogP contribution in [0.1, 0.15) is 17.3 Å². The van der Waals surface area contributed by atoms with Crippen LogP contribution in [-0.2, 0) is 9.53 Å². The number of alkyl halides is 3. The van der Waals surface area contributed by atoms with E-state index in [2.05, 4.69) is 20.4 Å². The molecule has 0 bridgehead atoms. The van der Waals surface area contributed by atoms with Crippen molar-refractivity contribution in [2.24, 2.45) is 0 Å². The fourth-order valence-corrected chi connectivity index (χ4v) is 2.83. The van der Waals surface area contributed by atoms with Gasteiger partial charge < -0.3 is 20.1 Å². The molecule has 1 aliphatic rings. The Balaban J connectivity index is 1.94. The van der Waals surface area contributed by atoms with Gasteiger partial charge in [-0.25, -0.2) is 18.6 Å². The zero-order valence-electron chi connectivity index (χ0n) is 15.3. The molecule has 2 N–H and O–H groups in total. The van der Waals surface area contributed by atoms with E-state index in [-0.39, 0.29) is 22.8 Å². The number of hydrogen-bond donors (Lipinski definition) is 2. The zero-order valence-corrected chi connectivity index (χ0v) is 16.1. The normalized spacial score (nSPS) is 17.0. The Kier molecular flexibility index (Phi) is 6.48. The first-order chi connectivity index (χ1) is 14.5. The maximum absolute atomic E-state index is 13.9. The molecule has 2 atom stereocenters. The van der Waals surface area contributed by atoms with Gasteiger partial charge in [0, 0.05) is 0 Å². The number of nitrogens with zero attached hydrogens (tertiary/aromatic N) is 1. The van der Waals surface area contributed by atoms with Gasteiger partial charge in [0.05, 0.1) is 23.3 Å². The van der Waals surface area contributed by atoms with Crippen molar-refractivity contribution in [3.8, 4) is 5.88 Å². The lowest BCUT2D eigenvalue weighted by Gasteiger charge is -2.21. The lowest BCUT2D eigenvalue weighted by atomic mass is 10.0. The highest BCUT2D eigenvalue weighted by Crippen LogP contribution is 2.28. The van der Waals surface area contributed by atoms with Crippen LogP contribution in [0, 0.1) is 11.6 Å². The van der Waals surface area contributed by atoms with Gasteiger partial charge in [0.15, 0.2) is 18.5 Å². The molecule has 1 aromatic carbocycles. The van der Waals surface area contributed by atoms with Gasteiger partial charge in [-0.2, -0.15) is 13.2 Å². The van der Waals surface area contributed by atoms with Crippen molar-refractivity contribution in [1.29, 1.82) is 0 Å². The van der Waals surface area contributed by atoms with Crippen LogP contribution in [0.15, 0.2) is 30.3 Å². The maximum Gasteiger partial charge on any atom is 0.422 e. The van der Waals surface area contributed by atoms with E-state index >= 15 is 0 Å². The summed E-state index contributed by atoms with van der Waals surface area (Å²) in [5.41, 5.74) is 0.0461. The highest BCUT2D eigenvalue weighted by atomic mass is 35.5. The van der Waals surface area contributed by atoms with Gasteiger partial charge in [-0.1, -0.05) is 17.7 Å². The minimum Gasteiger partial charge on any atom is -0.466 e. The molecule has 0 spiro atoms. The predicted octanol–water partition coefficient (Wildman–Crippen LogP) is 3.27. The number of hydrogen-bond acceptors (Lipinski definition) is 5. The van der Waals surface area contributed by atoms with Crippen molar-refractivity contribution in [2.75, 3.05) is 13.2 Å². The number of halogens is 6. The quantitative estimate of drug-likeness (QED) is 0.639. The highest BCUT2D eigenvalue weighted by Gasteiger charge is 2.33. The number of amides is 2. The lowest BCUT2D eigenvalue weighted by molar-refractivity contribution is -0.154. The number of benzene rings is 1. The largest absolute Gasteiger partial charge is 0.466 e. The van der Waals surface area contributed by atoms with Crippen molar-refractivity contribution in [1.82, 2.24) is 15.6 Å². The predicted molar refractivity (Wildman–Crippen MR) is 95.4 cm³/mol. The summed E-state index contributed by atoms with van der Waals surface area (Å²) in [5, 5.41) is 4.46. The van der Waals surface area contributed by atoms with Crippen molar-refractivity contribution in [3.05, 3.63) is 58.2 Å². The van der Waals surface area contributed by atoms with E-state index in [0.717, 1.165) is 24.3 Å². The van der Waals surface area contributed by atoms with E-state index in [1.165, 1.54) is 6.07 Å². The van der Waals surface area contributed by atoms with Crippen LogP contribution < -0.4 is 15.4 Å². The van der Waals surface area contributed by atoms with Gasteiger partial charge in [0.1, 0.15) is 5.82 Å². The third-order valence-electron chi connectivity index (χ3n) is 4.04. The zero-order chi connectivity index (χ0) is 22.8. The summed E-state index contributed by atoms with van der Waals surface area (Å²) in [6.07, 6.45) is -6.75. The number of nitrogens with one attached hydrogen (secondary N) is 2. The molecule has 2 heterocycles. The number of ether oxygens (including phenoxy) is 2. The molecule has 0 radical (unpaired) electrons. The van der Waals surface area contributed by atoms with Crippen LogP contribution in [-0.4, -0.2) is 42.4 Å². The number of rotatable bonds is 6. The second kappa shape index (κ2) is 8.92. The number of carbonyl (C=O) groups is 2. The molecule has 13 heteroatoms. The van der Waals surface area contributed by atoms with Crippen LogP contribution in [0.2, 0.25) is 5.02 Å². The SMILES string of the molecule is O=C1NC[C@@H](C(=O)NC(c2ccc(F)c(Cl)c2)c2ccc(F)c(OCC(F)(F)F)n2)O1. The van der Waals surface area contributed by atoms with Crippen molar-refractivity contribution < 1.29 is 41.0 Å². The van der Waals surface area contributed by atoms with Crippen LogP contribution in [0.25, 0.3) is 0 Å². The molecule has 1 fully saturated rings. The summed E-state index contributed by atoms with van der Waals surface area (Å²) in [7, 11) is 0. The van der Waals surface area contributed by atoms with Crippen molar-refractivity contribution >= 4 is 23.6 Å². The first kappa shape index (κ1) is 22.5. The first-order valence-electron chi connectivity index (χ1n) is 8.59. The number of pyridine rings is 1. The topological polar surface area (TPSA) is 89.6 Å². The van der Waals surface area contributed by atoms with E-state index in [1.807, 2.05) is 0 Å². The molecule has 1 saturated heterocycles. The summed E-state index contributed by atoms with van der Waals surface area (Å²) in [4.78, 5) is 27.4. The minimum atomic E-state index is -4.73. The number of aromatic nitrogens is 1. The Morgan fingerprint density at radius 3 is 2.61 bits per heavy atom. The highest BCUT2D eigenvalue weighted by molar-refractivity contribution is 6.30. The van der Waals surface area contributed by atoms with E-state index in [9.17, 15) is 31.5 Å². The summed E-state index contributed by atoms with van der Waals surface area (Å²) >= 11 is 5.79. The molecule has 3 rings (SSSR count). The second-order valence-electron chi connectivity index (χ2n) is 6.32. The van der Waals surface area contributed by atoms with E-state index in [1.54, 1.807) is 0 Å². The van der Waals surface area contributed by atoms with E-state index < -0.39 is 54.4 Å². The summed E-state index contributed by atoms with van der Waals surface area (Å²) < 4.78 is 73.9. The Morgan fingerprint density at radius 1 is 1.29 bits per heavy atom. The van der Waals surface area contributed by atoms with Crippen LogP contribution in [0.3, 0.4) is 0 Å². The lowest BCUT2D eigenvalue weighted by Crippen LogP contribution is -2.39. The Labute approximate surface area is 176 Å².